The van der Waals surface area contributed by atoms with Crippen molar-refractivity contribution in [2.24, 2.45) is 15.0 Å². The maximum absolute atomic E-state index is 11.7. The minimum absolute atomic E-state index is 0. The second-order valence-corrected chi connectivity index (χ2v) is 17.3. The zero-order valence-corrected chi connectivity index (χ0v) is 41.0. The van der Waals surface area contributed by atoms with Crippen LogP contribution in [0.3, 0.4) is 0 Å². The van der Waals surface area contributed by atoms with Gasteiger partial charge in [0.05, 0.1) is 40.8 Å². The Morgan fingerprint density at radius 3 is 1.52 bits per heavy atom. The van der Waals surface area contributed by atoms with Gasteiger partial charge in [0.25, 0.3) is 0 Å². The van der Waals surface area contributed by atoms with Gasteiger partial charge in [-0.25, -0.2) is 15.0 Å². The quantitative estimate of drug-likeness (QED) is 0.0804. The summed E-state index contributed by atoms with van der Waals surface area (Å²) in [5.41, 5.74) is 13.3. The van der Waals surface area contributed by atoms with Crippen LogP contribution in [0.25, 0.3) is 23.0 Å². The molecule has 4 aliphatic heterocycles. The second kappa shape index (κ2) is 25.0. The van der Waals surface area contributed by atoms with E-state index in [-0.39, 0.29) is 26.1 Å². The number of hydrogen-bond acceptors (Lipinski definition) is 5. The van der Waals surface area contributed by atoms with Crippen LogP contribution in [0.4, 0.5) is 0 Å². The summed E-state index contributed by atoms with van der Waals surface area (Å²) in [6.45, 7) is 4.54. The van der Waals surface area contributed by atoms with Crippen molar-refractivity contribution in [1.29, 1.82) is 0 Å². The topological polar surface area (TPSA) is 94.5 Å². The Bertz CT molecular complexity index is 2410. The van der Waals surface area contributed by atoms with Crippen LogP contribution in [-0.4, -0.2) is 22.2 Å². The van der Waals surface area contributed by atoms with E-state index in [0.29, 0.717) is 5.22 Å². The Labute approximate surface area is 389 Å². The summed E-state index contributed by atoms with van der Waals surface area (Å²) in [6, 6.07) is 20.2. The first-order valence-corrected chi connectivity index (χ1v) is 23.9. The number of rotatable bonds is 22. The molecule has 0 amide bonds. The van der Waals surface area contributed by atoms with E-state index in [2.05, 4.69) is 74.6 Å². The number of aliphatic hydroxyl groups is 1. The Hall–Kier alpha value is -4.71. The molecule has 7 heteroatoms. The van der Waals surface area contributed by atoms with Crippen molar-refractivity contribution < 1.29 is 29.7 Å². The molecule has 7 rings (SSSR count). The number of aliphatic imine (C=N–C) groups is 3. The van der Waals surface area contributed by atoms with Crippen molar-refractivity contribution in [3.8, 4) is 0 Å². The van der Waals surface area contributed by atoms with Gasteiger partial charge in [-0.2, -0.15) is 0 Å². The summed E-state index contributed by atoms with van der Waals surface area (Å²) in [4.78, 5) is 21.6. The summed E-state index contributed by atoms with van der Waals surface area (Å²) in [5.74, 6) is 0. The fraction of sp³-hybridized carbons (Fsp3) is 0.411. The van der Waals surface area contributed by atoms with Crippen LogP contribution >= 0.6 is 0 Å². The standard InChI is InChI=1S/C56H67N4O2.Zn/c1-3-5-7-9-11-13-15-17-19-21-45-47-31-35-51(57-47)55(43-27-23-41(39-61)24-28-43)53-37-33-49(59-53)46(22-20-18-16-14-12-10-8-6-4-2)50-34-38-54(60-50)56(52-36-32-48(45)58-52)44-29-25-42(40-62)26-30-44;/h23-39,62H,3-22,40H2,1-2H3,(H-,57,58,59,60,61);/q-1;+2/p-1. The Morgan fingerprint density at radius 1 is 0.492 bits per heavy atom. The summed E-state index contributed by atoms with van der Waals surface area (Å²) in [6.07, 6.45) is 38.2. The first-order valence-electron chi connectivity index (χ1n) is 23.9. The molecule has 1 N–H and O–H groups in total. The van der Waals surface area contributed by atoms with Crippen molar-refractivity contribution >= 4 is 40.1 Å². The number of hydrogen-bond donors (Lipinski definition) is 1. The molecule has 5 heterocycles. The van der Waals surface area contributed by atoms with Gasteiger partial charge in [-0.05, 0) is 94.8 Å². The predicted molar refractivity (Wildman–Crippen MR) is 259 cm³/mol. The van der Waals surface area contributed by atoms with E-state index in [1.165, 1.54) is 103 Å². The minimum Gasteiger partial charge on any atom is -0.877 e. The molecule has 8 bridgehead atoms. The maximum atomic E-state index is 11.7. The second-order valence-electron chi connectivity index (χ2n) is 17.3. The normalized spacial score (nSPS) is 15.4. The van der Waals surface area contributed by atoms with E-state index in [1.54, 1.807) is 0 Å². The van der Waals surface area contributed by atoms with Crippen LogP contribution in [0, 0.1) is 0 Å². The fourth-order valence-corrected chi connectivity index (χ4v) is 9.04. The van der Waals surface area contributed by atoms with E-state index < -0.39 is 0 Å². The van der Waals surface area contributed by atoms with E-state index in [0.717, 1.165) is 116 Å². The summed E-state index contributed by atoms with van der Waals surface area (Å²) >= 11 is 0. The number of aromatic nitrogens is 1. The number of unbranched alkanes of at least 4 members (excludes halogenated alkanes) is 16. The van der Waals surface area contributed by atoms with Crippen LogP contribution in [0.5, 0.6) is 0 Å². The molecule has 1 aromatic heterocycles. The van der Waals surface area contributed by atoms with Crippen molar-refractivity contribution in [2.75, 3.05) is 0 Å². The largest absolute Gasteiger partial charge is 2.00 e. The molecule has 2 aromatic carbocycles. The van der Waals surface area contributed by atoms with Crippen LogP contribution in [0.2, 0.25) is 0 Å². The van der Waals surface area contributed by atoms with Crippen LogP contribution in [0.15, 0.2) is 135 Å². The molecule has 6 nitrogen and oxygen atoms in total. The van der Waals surface area contributed by atoms with Crippen molar-refractivity contribution in [2.45, 2.75) is 149 Å². The molecule has 3 aromatic rings. The number of allylic oxidation sites excluding steroid dienone is 8. The first-order chi connectivity index (χ1) is 30.6. The molecular formula is C56H66N4O2Zn. The molecule has 63 heavy (non-hydrogen) atoms. The van der Waals surface area contributed by atoms with Crippen LogP contribution in [-0.2, 0) is 26.1 Å². The SMILES string of the molecule is CCCCCCCCCCCC1=C2C=CC(=N2)C(=c2ccc(=C[O-])cc2)C2=NC(=C(CCCCCCCCCCC)c3ccc([n-]3)C(c3ccc(CO)cc3)=C3C=CC1=N3)C=C2.[Zn+2]. The van der Waals surface area contributed by atoms with Crippen molar-refractivity contribution in [1.82, 2.24) is 4.98 Å². The number of benzene rings is 2. The van der Waals surface area contributed by atoms with Gasteiger partial charge in [-0.15, -0.1) is 17.6 Å². The zero-order valence-electron chi connectivity index (χ0n) is 38.0. The van der Waals surface area contributed by atoms with Gasteiger partial charge in [0.2, 0.25) is 0 Å². The third kappa shape index (κ3) is 12.7. The average Bonchev–Trinajstić information content (AvgIpc) is 4.16. The van der Waals surface area contributed by atoms with Gasteiger partial charge in [0, 0.05) is 11.1 Å². The zero-order chi connectivity index (χ0) is 42.9. The van der Waals surface area contributed by atoms with Crippen LogP contribution in [0.1, 0.15) is 165 Å². The monoisotopic (exact) mass is 890 g/mol. The summed E-state index contributed by atoms with van der Waals surface area (Å²) in [7, 11) is 0. The van der Waals surface area contributed by atoms with E-state index in [4.69, 9.17) is 20.0 Å². The Kier molecular flexibility index (Phi) is 18.9. The van der Waals surface area contributed by atoms with Gasteiger partial charge in [0.15, 0.2) is 0 Å². The molecule has 0 unspecified atom stereocenters. The average molecular weight is 893 g/mol. The maximum Gasteiger partial charge on any atom is 2.00 e. The summed E-state index contributed by atoms with van der Waals surface area (Å²) in [5, 5.41) is 23.2. The molecule has 0 radical (unpaired) electrons. The molecule has 0 spiro atoms. The van der Waals surface area contributed by atoms with E-state index >= 15 is 0 Å². The van der Waals surface area contributed by atoms with Gasteiger partial charge in [0.1, 0.15) is 0 Å². The number of fused-ring (bicyclic) bond motifs is 5. The number of nitrogens with zero attached hydrogens (tertiary/aromatic N) is 4. The fourth-order valence-electron chi connectivity index (χ4n) is 9.04. The Balaban J connectivity index is 0.00000661. The Morgan fingerprint density at radius 2 is 0.968 bits per heavy atom. The molecule has 0 saturated carbocycles. The molecule has 4 aliphatic rings. The minimum atomic E-state index is -0.00597. The van der Waals surface area contributed by atoms with Crippen molar-refractivity contribution in [3.63, 3.8) is 0 Å². The molecule has 0 saturated heterocycles. The molecule has 0 fully saturated rings. The third-order valence-corrected chi connectivity index (χ3v) is 12.6. The smallest absolute Gasteiger partial charge is 0.877 e. The van der Waals surface area contributed by atoms with Crippen LogP contribution < -0.4 is 20.5 Å². The van der Waals surface area contributed by atoms with Gasteiger partial charge < -0.3 is 15.2 Å². The molecule has 0 aliphatic carbocycles. The molecular weight excluding hydrogens is 826 g/mol. The van der Waals surface area contributed by atoms with Gasteiger partial charge in [-0.1, -0.05) is 177 Å². The summed E-state index contributed by atoms with van der Waals surface area (Å²) < 4.78 is 0. The molecule has 324 valence electrons. The predicted octanol–water partition coefficient (Wildman–Crippen LogP) is 11.7. The van der Waals surface area contributed by atoms with E-state index in [1.807, 2.05) is 36.4 Å². The molecule has 0 atom stereocenters. The van der Waals surface area contributed by atoms with Gasteiger partial charge >= 0.3 is 19.5 Å². The third-order valence-electron chi connectivity index (χ3n) is 12.6. The first kappa shape index (κ1) is 47.8. The number of aliphatic hydroxyl groups excluding tert-OH is 1. The van der Waals surface area contributed by atoms with E-state index in [9.17, 15) is 10.2 Å². The van der Waals surface area contributed by atoms with Gasteiger partial charge in [-0.3, -0.25) is 0 Å². The van der Waals surface area contributed by atoms with Crippen molar-refractivity contribution in [3.05, 3.63) is 153 Å².